The fraction of sp³-hybridized carbons (Fsp3) is 0.333. The summed E-state index contributed by atoms with van der Waals surface area (Å²) in [6.07, 6.45) is 0.264. The smallest absolute Gasteiger partial charge is 0.273 e. The maximum atomic E-state index is 11.3. The number of nitro benzene ring substituents is 1. The number of nitrogens with zero attached hydrogens (tertiary/aromatic N) is 2. The summed E-state index contributed by atoms with van der Waals surface area (Å²) < 4.78 is 0. The van der Waals surface area contributed by atoms with E-state index in [0.29, 0.717) is 11.4 Å². The first kappa shape index (κ1) is 14.6. The molecular formula is C12H15N3O4. The second kappa shape index (κ2) is 5.94. The fourth-order valence-corrected chi connectivity index (χ4v) is 1.40. The van der Waals surface area contributed by atoms with Crippen molar-refractivity contribution in [3.63, 3.8) is 0 Å². The number of carbonyl (C=O) groups excluding carboxylic acids is 2. The molecular weight excluding hydrogens is 250 g/mol. The van der Waals surface area contributed by atoms with Crippen LogP contribution in [-0.4, -0.2) is 23.8 Å². The first-order valence-electron chi connectivity index (χ1n) is 5.68. The Kier molecular flexibility index (Phi) is 4.57. The highest BCUT2D eigenvalue weighted by Crippen LogP contribution is 2.26. The molecule has 1 aromatic rings. The van der Waals surface area contributed by atoms with Crippen molar-refractivity contribution >= 4 is 28.9 Å². The minimum absolute atomic E-state index is 0.183. The molecule has 0 saturated carbocycles. The third-order valence-electron chi connectivity index (χ3n) is 2.58. The number of benzene rings is 1. The summed E-state index contributed by atoms with van der Waals surface area (Å²) in [5, 5.41) is 13.4. The third kappa shape index (κ3) is 3.77. The second-order valence-corrected chi connectivity index (χ2v) is 3.97. The van der Waals surface area contributed by atoms with E-state index < -0.39 is 4.92 Å². The van der Waals surface area contributed by atoms with Crippen molar-refractivity contribution in [1.82, 2.24) is 0 Å². The largest absolute Gasteiger partial charge is 0.326 e. The van der Waals surface area contributed by atoms with E-state index >= 15 is 0 Å². The summed E-state index contributed by atoms with van der Waals surface area (Å²) in [6, 6.07) is 4.05. The monoisotopic (exact) mass is 265 g/mol. The number of amides is 2. The van der Waals surface area contributed by atoms with Gasteiger partial charge in [-0.2, -0.15) is 0 Å². The zero-order valence-electron chi connectivity index (χ0n) is 11.0. The molecule has 0 aliphatic carbocycles. The van der Waals surface area contributed by atoms with E-state index in [-0.39, 0.29) is 23.9 Å². The van der Waals surface area contributed by atoms with Gasteiger partial charge < -0.3 is 10.2 Å². The number of rotatable bonds is 4. The third-order valence-corrected chi connectivity index (χ3v) is 2.58. The van der Waals surface area contributed by atoms with Gasteiger partial charge in [0.15, 0.2) is 0 Å². The van der Waals surface area contributed by atoms with Crippen LogP contribution in [0.3, 0.4) is 0 Å². The molecule has 1 aromatic carbocycles. The molecule has 0 heterocycles. The Bertz CT molecular complexity index is 528. The van der Waals surface area contributed by atoms with Crippen LogP contribution in [0.25, 0.3) is 0 Å². The van der Waals surface area contributed by atoms with E-state index in [9.17, 15) is 19.7 Å². The van der Waals surface area contributed by atoms with Gasteiger partial charge in [0.25, 0.3) is 5.69 Å². The lowest BCUT2D eigenvalue weighted by Crippen LogP contribution is -2.23. The van der Waals surface area contributed by atoms with E-state index in [1.165, 1.54) is 37.1 Å². The van der Waals surface area contributed by atoms with Crippen LogP contribution in [0.5, 0.6) is 0 Å². The second-order valence-electron chi connectivity index (χ2n) is 3.97. The number of nitro groups is 1. The molecule has 1 rings (SSSR count). The molecule has 0 saturated heterocycles. The number of anilines is 2. The zero-order valence-corrected chi connectivity index (χ0v) is 11.0. The van der Waals surface area contributed by atoms with Crippen molar-refractivity contribution in [3.05, 3.63) is 28.3 Å². The van der Waals surface area contributed by atoms with Crippen LogP contribution in [-0.2, 0) is 9.59 Å². The van der Waals surface area contributed by atoms with Gasteiger partial charge >= 0.3 is 0 Å². The Morgan fingerprint density at radius 3 is 2.47 bits per heavy atom. The zero-order chi connectivity index (χ0) is 14.6. The fourth-order valence-electron chi connectivity index (χ4n) is 1.40. The summed E-state index contributed by atoms with van der Waals surface area (Å²) >= 11 is 0. The number of carbonyl (C=O) groups is 2. The molecule has 0 fully saturated rings. The summed E-state index contributed by atoms with van der Waals surface area (Å²) in [5.74, 6) is -0.509. The lowest BCUT2D eigenvalue weighted by atomic mass is 10.2. The van der Waals surface area contributed by atoms with E-state index in [2.05, 4.69) is 5.32 Å². The molecule has 0 aromatic heterocycles. The highest BCUT2D eigenvalue weighted by Gasteiger charge is 2.15. The molecule has 0 aliphatic heterocycles. The van der Waals surface area contributed by atoms with E-state index in [0.717, 1.165) is 0 Å². The highest BCUT2D eigenvalue weighted by atomic mass is 16.6. The van der Waals surface area contributed by atoms with Gasteiger partial charge in [0.2, 0.25) is 11.8 Å². The van der Waals surface area contributed by atoms with Crippen LogP contribution >= 0.6 is 0 Å². The van der Waals surface area contributed by atoms with Crippen molar-refractivity contribution in [2.45, 2.75) is 20.3 Å². The molecule has 7 heteroatoms. The normalized spacial score (nSPS) is 9.84. The van der Waals surface area contributed by atoms with Crippen molar-refractivity contribution in [2.75, 3.05) is 17.3 Å². The first-order chi connectivity index (χ1) is 8.85. The molecule has 102 valence electrons. The van der Waals surface area contributed by atoms with E-state index in [1.54, 1.807) is 6.92 Å². The van der Waals surface area contributed by atoms with E-state index in [1.807, 2.05) is 0 Å². The summed E-state index contributed by atoms with van der Waals surface area (Å²) in [4.78, 5) is 34.1. The van der Waals surface area contributed by atoms with Gasteiger partial charge in [-0.1, -0.05) is 6.92 Å². The number of hydrogen-bond acceptors (Lipinski definition) is 4. The van der Waals surface area contributed by atoms with Gasteiger partial charge in [0, 0.05) is 38.2 Å². The van der Waals surface area contributed by atoms with E-state index in [4.69, 9.17) is 0 Å². The van der Waals surface area contributed by atoms with Gasteiger partial charge in [-0.25, -0.2) is 0 Å². The summed E-state index contributed by atoms with van der Waals surface area (Å²) in [5.41, 5.74) is 0.467. The molecule has 0 aliphatic rings. The van der Waals surface area contributed by atoms with Crippen LogP contribution in [0.1, 0.15) is 20.3 Å². The quantitative estimate of drug-likeness (QED) is 0.665. The van der Waals surface area contributed by atoms with Crippen LogP contribution in [0, 0.1) is 10.1 Å². The van der Waals surface area contributed by atoms with Crippen LogP contribution in [0.15, 0.2) is 18.2 Å². The number of nitrogens with one attached hydrogen (secondary N) is 1. The Morgan fingerprint density at radius 1 is 1.37 bits per heavy atom. The van der Waals surface area contributed by atoms with Crippen molar-refractivity contribution in [1.29, 1.82) is 0 Å². The van der Waals surface area contributed by atoms with Crippen LogP contribution in [0.2, 0.25) is 0 Å². The molecule has 0 radical (unpaired) electrons. The molecule has 0 unspecified atom stereocenters. The first-order valence-corrected chi connectivity index (χ1v) is 5.68. The molecule has 7 nitrogen and oxygen atoms in total. The van der Waals surface area contributed by atoms with Crippen molar-refractivity contribution < 1.29 is 14.5 Å². The molecule has 0 atom stereocenters. The maximum Gasteiger partial charge on any atom is 0.273 e. The SMILES string of the molecule is CCC(=O)Nc1cc(N(C)C(C)=O)cc([N+](=O)[O-])c1. The average Bonchev–Trinajstić information content (AvgIpc) is 2.36. The topological polar surface area (TPSA) is 92.6 Å². The minimum Gasteiger partial charge on any atom is -0.326 e. The predicted octanol–water partition coefficient (Wildman–Crippen LogP) is 1.93. The Hall–Kier alpha value is -2.44. The summed E-state index contributed by atoms with van der Waals surface area (Å²) in [7, 11) is 1.51. The van der Waals surface area contributed by atoms with Gasteiger partial charge in [0.05, 0.1) is 10.6 Å². The van der Waals surface area contributed by atoms with Crippen molar-refractivity contribution in [2.24, 2.45) is 0 Å². The molecule has 0 spiro atoms. The minimum atomic E-state index is -0.570. The molecule has 0 bridgehead atoms. The molecule has 1 N–H and O–H groups in total. The van der Waals surface area contributed by atoms with Gasteiger partial charge in [-0.05, 0) is 6.07 Å². The number of hydrogen-bond donors (Lipinski definition) is 1. The molecule has 2 amide bonds. The Balaban J connectivity index is 3.21. The van der Waals surface area contributed by atoms with Crippen LogP contribution in [0.4, 0.5) is 17.1 Å². The molecule has 19 heavy (non-hydrogen) atoms. The lowest BCUT2D eigenvalue weighted by molar-refractivity contribution is -0.384. The highest BCUT2D eigenvalue weighted by molar-refractivity contribution is 5.95. The van der Waals surface area contributed by atoms with Gasteiger partial charge in [-0.15, -0.1) is 0 Å². The Morgan fingerprint density at radius 2 is 2.00 bits per heavy atom. The standard InChI is InChI=1S/C12H15N3O4/c1-4-12(17)13-9-5-10(14(3)8(2)16)7-11(6-9)15(18)19/h5-7H,4H2,1-3H3,(H,13,17). The summed E-state index contributed by atoms with van der Waals surface area (Å²) in [6.45, 7) is 3.03. The average molecular weight is 265 g/mol. The van der Waals surface area contributed by atoms with Crippen molar-refractivity contribution in [3.8, 4) is 0 Å². The maximum absolute atomic E-state index is 11.3. The van der Waals surface area contributed by atoms with Gasteiger partial charge in [0.1, 0.15) is 0 Å². The predicted molar refractivity (Wildman–Crippen MR) is 71.1 cm³/mol. The Labute approximate surface area is 110 Å². The lowest BCUT2D eigenvalue weighted by Gasteiger charge is -2.16. The number of non-ortho nitro benzene ring substituents is 1. The van der Waals surface area contributed by atoms with Crippen LogP contribution < -0.4 is 10.2 Å². The van der Waals surface area contributed by atoms with Gasteiger partial charge in [-0.3, -0.25) is 19.7 Å².